The van der Waals surface area contributed by atoms with E-state index in [1.165, 1.54) is 0 Å². The van der Waals surface area contributed by atoms with Crippen molar-refractivity contribution in [2.45, 2.75) is 26.7 Å². The molecule has 0 N–H and O–H groups in total. The Labute approximate surface area is 77.7 Å². The molecular weight excluding hydrogens is 170 g/mol. The van der Waals surface area contributed by atoms with Crippen LogP contribution < -0.4 is 0 Å². The van der Waals surface area contributed by atoms with Crippen LogP contribution in [0.5, 0.6) is 0 Å². The van der Waals surface area contributed by atoms with Gasteiger partial charge in [0.2, 0.25) is 0 Å². The highest BCUT2D eigenvalue weighted by molar-refractivity contribution is 5.92. The number of allylic oxidation sites excluding steroid dienone is 1. The minimum atomic E-state index is -0.724. The zero-order valence-electron chi connectivity index (χ0n) is 7.87. The van der Waals surface area contributed by atoms with Crippen molar-refractivity contribution in [2.75, 3.05) is 6.61 Å². The maximum atomic E-state index is 11.0. The summed E-state index contributed by atoms with van der Waals surface area (Å²) in [5.74, 6) is -0.724. The fraction of sp³-hybridized carbons (Fsp3) is 0.556. The maximum Gasteiger partial charge on any atom is 0.383 e. The molecule has 4 heteroatoms. The van der Waals surface area contributed by atoms with E-state index in [1.807, 2.05) is 6.92 Å². The van der Waals surface area contributed by atoms with E-state index in [9.17, 15) is 4.79 Å². The van der Waals surface area contributed by atoms with Crippen molar-refractivity contribution in [3.63, 3.8) is 0 Å². The highest BCUT2D eigenvalue weighted by atomic mass is 17.2. The van der Waals surface area contributed by atoms with Crippen LogP contribution in [0.2, 0.25) is 0 Å². The third kappa shape index (κ3) is 4.99. The molecule has 0 heterocycles. The van der Waals surface area contributed by atoms with Gasteiger partial charge in [0.15, 0.2) is 0 Å². The minimum absolute atomic E-state index is 0.00435. The first kappa shape index (κ1) is 11.7. The van der Waals surface area contributed by atoms with Crippen molar-refractivity contribution in [1.82, 2.24) is 0 Å². The van der Waals surface area contributed by atoms with Crippen molar-refractivity contribution in [2.24, 2.45) is 0 Å². The first-order chi connectivity index (χ1) is 6.26. The van der Waals surface area contributed by atoms with E-state index in [4.69, 9.17) is 5.26 Å². The summed E-state index contributed by atoms with van der Waals surface area (Å²) in [5.41, 5.74) is -0.00435. The SMILES string of the molecule is CCCC=C(C#N)C(=O)OOCC. The molecule has 72 valence electrons. The molecule has 0 rings (SSSR count). The summed E-state index contributed by atoms with van der Waals surface area (Å²) in [6.07, 6.45) is 3.11. The standard InChI is InChI=1S/C9H13NO3/c1-3-5-6-8(7-10)9(11)13-12-4-2/h6H,3-5H2,1-2H3. The number of hydrogen-bond acceptors (Lipinski definition) is 4. The van der Waals surface area contributed by atoms with Gasteiger partial charge in [0.05, 0.1) is 6.61 Å². The zero-order chi connectivity index (χ0) is 10.1. The largest absolute Gasteiger partial charge is 0.383 e. The average Bonchev–Trinajstić information content (AvgIpc) is 2.16. The summed E-state index contributed by atoms with van der Waals surface area (Å²) in [7, 11) is 0. The van der Waals surface area contributed by atoms with Gasteiger partial charge in [-0.05, 0) is 13.3 Å². The molecule has 0 saturated carbocycles. The Morgan fingerprint density at radius 1 is 1.54 bits per heavy atom. The molecule has 0 aromatic carbocycles. The lowest BCUT2D eigenvalue weighted by Gasteiger charge is -1.98. The molecule has 0 atom stereocenters. The summed E-state index contributed by atoms with van der Waals surface area (Å²) < 4.78 is 0. The van der Waals surface area contributed by atoms with Gasteiger partial charge in [-0.15, -0.1) is 0 Å². The molecule has 0 amide bonds. The third-order valence-electron chi connectivity index (χ3n) is 1.23. The van der Waals surface area contributed by atoms with Crippen molar-refractivity contribution < 1.29 is 14.6 Å². The number of rotatable bonds is 5. The molecule has 0 saturated heterocycles. The van der Waals surface area contributed by atoms with Crippen molar-refractivity contribution in [1.29, 1.82) is 5.26 Å². The average molecular weight is 183 g/mol. The highest BCUT2D eigenvalue weighted by Gasteiger charge is 2.10. The molecule has 13 heavy (non-hydrogen) atoms. The van der Waals surface area contributed by atoms with Gasteiger partial charge in [-0.2, -0.15) is 10.1 Å². The van der Waals surface area contributed by atoms with Crippen LogP contribution in [0.15, 0.2) is 11.6 Å². The topological polar surface area (TPSA) is 59.3 Å². The van der Waals surface area contributed by atoms with Crippen LogP contribution in [-0.2, 0) is 14.6 Å². The summed E-state index contributed by atoms with van der Waals surface area (Å²) in [6.45, 7) is 3.92. The molecule has 0 spiro atoms. The number of nitriles is 1. The Bertz CT molecular complexity index is 228. The number of hydrogen-bond donors (Lipinski definition) is 0. The predicted molar refractivity (Wildman–Crippen MR) is 46.3 cm³/mol. The smallest absolute Gasteiger partial charge is 0.292 e. The van der Waals surface area contributed by atoms with E-state index in [-0.39, 0.29) is 12.2 Å². The van der Waals surface area contributed by atoms with Gasteiger partial charge < -0.3 is 0 Å². The second-order valence-corrected chi connectivity index (χ2v) is 2.30. The second kappa shape index (κ2) is 7.32. The normalized spacial score (nSPS) is 10.7. The molecule has 0 aliphatic heterocycles. The number of unbranched alkanes of at least 4 members (excludes halogenated alkanes) is 1. The van der Waals surface area contributed by atoms with Gasteiger partial charge in [0, 0.05) is 0 Å². The van der Waals surface area contributed by atoms with E-state index in [1.54, 1.807) is 19.1 Å². The number of carbonyl (C=O) groups excluding carboxylic acids is 1. The van der Waals surface area contributed by atoms with E-state index < -0.39 is 5.97 Å². The third-order valence-corrected chi connectivity index (χ3v) is 1.23. The molecule has 0 fully saturated rings. The van der Waals surface area contributed by atoms with Gasteiger partial charge in [-0.25, -0.2) is 4.79 Å². The zero-order valence-corrected chi connectivity index (χ0v) is 7.87. The Kier molecular flexibility index (Phi) is 6.56. The molecule has 0 aliphatic rings. The lowest BCUT2D eigenvalue weighted by atomic mass is 10.2. The van der Waals surface area contributed by atoms with Crippen LogP contribution >= 0.6 is 0 Å². The minimum Gasteiger partial charge on any atom is -0.292 e. The van der Waals surface area contributed by atoms with Crippen LogP contribution in [0, 0.1) is 11.3 Å². The van der Waals surface area contributed by atoms with Gasteiger partial charge in [-0.1, -0.05) is 19.4 Å². The monoisotopic (exact) mass is 183 g/mol. The summed E-state index contributed by atoms with van der Waals surface area (Å²) >= 11 is 0. The Hall–Kier alpha value is -1.34. The molecule has 0 aromatic rings. The van der Waals surface area contributed by atoms with Crippen molar-refractivity contribution in [3.05, 3.63) is 11.6 Å². The Morgan fingerprint density at radius 3 is 2.69 bits per heavy atom. The van der Waals surface area contributed by atoms with E-state index in [0.29, 0.717) is 6.42 Å². The first-order valence-electron chi connectivity index (χ1n) is 4.20. The quantitative estimate of drug-likeness (QED) is 0.282. The molecule has 4 nitrogen and oxygen atoms in total. The first-order valence-corrected chi connectivity index (χ1v) is 4.20. The van der Waals surface area contributed by atoms with E-state index >= 15 is 0 Å². The van der Waals surface area contributed by atoms with Crippen LogP contribution in [-0.4, -0.2) is 12.6 Å². The molecule has 0 bridgehead atoms. The molecular formula is C9H13NO3. The molecule has 0 unspecified atom stereocenters. The van der Waals surface area contributed by atoms with Crippen LogP contribution in [0.1, 0.15) is 26.7 Å². The van der Waals surface area contributed by atoms with Crippen LogP contribution in [0.3, 0.4) is 0 Å². The molecule has 0 aromatic heterocycles. The van der Waals surface area contributed by atoms with Gasteiger partial charge in [0.25, 0.3) is 0 Å². The van der Waals surface area contributed by atoms with Crippen molar-refractivity contribution in [3.8, 4) is 6.07 Å². The summed E-state index contributed by atoms with van der Waals surface area (Å²) in [4.78, 5) is 19.7. The highest BCUT2D eigenvalue weighted by Crippen LogP contribution is 2.00. The number of carbonyl (C=O) groups is 1. The van der Waals surface area contributed by atoms with E-state index in [2.05, 4.69) is 9.78 Å². The molecule has 0 radical (unpaired) electrons. The van der Waals surface area contributed by atoms with Gasteiger partial charge in [0.1, 0.15) is 11.6 Å². The lowest BCUT2D eigenvalue weighted by molar-refractivity contribution is -0.265. The fourth-order valence-electron chi connectivity index (χ4n) is 0.621. The Balaban J connectivity index is 4.09. The van der Waals surface area contributed by atoms with Gasteiger partial charge >= 0.3 is 5.97 Å². The number of nitrogens with zero attached hydrogens (tertiary/aromatic N) is 1. The molecule has 0 aliphatic carbocycles. The van der Waals surface area contributed by atoms with Crippen molar-refractivity contribution >= 4 is 5.97 Å². The maximum absolute atomic E-state index is 11.0. The Morgan fingerprint density at radius 2 is 2.23 bits per heavy atom. The summed E-state index contributed by atoms with van der Waals surface area (Å²) in [5, 5.41) is 8.55. The van der Waals surface area contributed by atoms with Crippen LogP contribution in [0.25, 0.3) is 0 Å². The summed E-state index contributed by atoms with van der Waals surface area (Å²) in [6, 6.07) is 1.75. The predicted octanol–water partition coefficient (Wildman–Crippen LogP) is 1.73. The lowest BCUT2D eigenvalue weighted by Crippen LogP contribution is -2.07. The van der Waals surface area contributed by atoms with E-state index in [0.717, 1.165) is 6.42 Å². The van der Waals surface area contributed by atoms with Crippen LogP contribution in [0.4, 0.5) is 0 Å². The second-order valence-electron chi connectivity index (χ2n) is 2.30. The van der Waals surface area contributed by atoms with Gasteiger partial charge in [-0.3, -0.25) is 4.89 Å². The fourth-order valence-corrected chi connectivity index (χ4v) is 0.621.